The summed E-state index contributed by atoms with van der Waals surface area (Å²) in [5.74, 6) is -5.68. The zero-order chi connectivity index (χ0) is 23.1. The Balaban J connectivity index is 2.21. The molecule has 0 aliphatic carbocycles. The number of aliphatic hydroxyl groups is 1. The van der Waals surface area contributed by atoms with E-state index < -0.39 is 46.3 Å². The number of carbonyl (C=O) groups excluding carboxylic acids is 3. The molecule has 0 spiro atoms. The van der Waals surface area contributed by atoms with E-state index in [9.17, 15) is 32.7 Å². The third-order valence-electron chi connectivity index (χ3n) is 4.59. The Kier molecular flexibility index (Phi) is 5.77. The molecule has 0 radical (unpaired) electrons. The fourth-order valence-electron chi connectivity index (χ4n) is 3.24. The Morgan fingerprint density at radius 1 is 1.10 bits per heavy atom. The summed E-state index contributed by atoms with van der Waals surface area (Å²) in [5, 5.41) is 11.4. The van der Waals surface area contributed by atoms with Crippen molar-refractivity contribution in [2.24, 2.45) is 0 Å². The van der Waals surface area contributed by atoms with Crippen LogP contribution in [0.5, 0.6) is 0 Å². The van der Waals surface area contributed by atoms with Crippen LogP contribution in [0.1, 0.15) is 17.3 Å². The number of hydrogen-bond donors (Lipinski definition) is 2. The van der Waals surface area contributed by atoms with Gasteiger partial charge >= 0.3 is 6.18 Å². The van der Waals surface area contributed by atoms with E-state index in [2.05, 4.69) is 0 Å². The van der Waals surface area contributed by atoms with Crippen LogP contribution in [0.15, 0.2) is 59.9 Å². The van der Waals surface area contributed by atoms with Gasteiger partial charge in [-0.15, -0.1) is 0 Å². The van der Waals surface area contributed by atoms with Gasteiger partial charge in [0.05, 0.1) is 21.8 Å². The minimum Gasteiger partial charge on any atom is -0.512 e. The average Bonchev–Trinajstić information content (AvgIpc) is 2.89. The lowest BCUT2D eigenvalue weighted by molar-refractivity contribution is -0.184. The number of alkyl halides is 3. The second kappa shape index (κ2) is 7.90. The highest BCUT2D eigenvalue weighted by Crippen LogP contribution is 2.45. The second-order valence-corrected chi connectivity index (χ2v) is 7.41. The molecule has 2 N–H and O–H groups in total. The molecule has 11 heteroatoms. The fourth-order valence-corrected chi connectivity index (χ4v) is 3.73. The van der Waals surface area contributed by atoms with Crippen LogP contribution in [-0.4, -0.2) is 34.5 Å². The number of allylic oxidation sites excluding steroid dienone is 1. The van der Waals surface area contributed by atoms with Crippen molar-refractivity contribution in [1.82, 2.24) is 5.32 Å². The van der Waals surface area contributed by atoms with Crippen molar-refractivity contribution >= 4 is 46.6 Å². The van der Waals surface area contributed by atoms with Gasteiger partial charge in [0, 0.05) is 5.02 Å². The Morgan fingerprint density at radius 3 is 2.23 bits per heavy atom. The number of rotatable bonds is 3. The number of amides is 3. The molecule has 2 aromatic rings. The van der Waals surface area contributed by atoms with E-state index in [0.717, 1.165) is 19.1 Å². The van der Waals surface area contributed by atoms with Gasteiger partial charge in [0.25, 0.3) is 23.3 Å². The number of halogens is 5. The van der Waals surface area contributed by atoms with Crippen molar-refractivity contribution in [1.29, 1.82) is 0 Å². The number of aliphatic hydroxyl groups excluding tert-OH is 1. The van der Waals surface area contributed by atoms with Crippen molar-refractivity contribution in [2.75, 3.05) is 4.90 Å². The molecule has 0 aromatic heterocycles. The molecule has 1 atom stereocenters. The third kappa shape index (κ3) is 3.64. The van der Waals surface area contributed by atoms with Crippen LogP contribution >= 0.6 is 23.2 Å². The first-order valence-corrected chi connectivity index (χ1v) is 9.36. The van der Waals surface area contributed by atoms with Gasteiger partial charge in [0.1, 0.15) is 5.76 Å². The zero-order valence-electron chi connectivity index (χ0n) is 15.6. The van der Waals surface area contributed by atoms with E-state index in [0.29, 0.717) is 0 Å². The van der Waals surface area contributed by atoms with Crippen LogP contribution in [0.3, 0.4) is 0 Å². The number of nitrogens with one attached hydrogen (secondary N) is 1. The normalized spacial score (nSPS) is 20.8. The number of anilines is 1. The van der Waals surface area contributed by atoms with Gasteiger partial charge in [-0.25, -0.2) is 4.90 Å². The maximum atomic E-state index is 14.4. The molecule has 2 aromatic carbocycles. The first-order valence-electron chi connectivity index (χ1n) is 8.60. The molecular formula is C20H13Cl2F3N2O4. The Labute approximate surface area is 183 Å². The number of nitrogens with zero attached hydrogens (tertiary/aromatic N) is 1. The SMILES string of the molecule is C/C(O)=C1/C(=O)N(c2ccccc2)C(=O)C1(NC(=O)c1ccc(Cl)cc1Cl)C(F)(F)F. The maximum Gasteiger partial charge on any atom is 0.425 e. The van der Waals surface area contributed by atoms with E-state index in [1.807, 2.05) is 0 Å². The molecule has 0 saturated carbocycles. The summed E-state index contributed by atoms with van der Waals surface area (Å²) in [6, 6.07) is 10.2. The van der Waals surface area contributed by atoms with Crippen LogP contribution in [0.4, 0.5) is 18.9 Å². The van der Waals surface area contributed by atoms with Crippen molar-refractivity contribution < 1.29 is 32.7 Å². The van der Waals surface area contributed by atoms with Gasteiger partial charge in [0.2, 0.25) is 0 Å². The number of hydrogen-bond acceptors (Lipinski definition) is 4. The van der Waals surface area contributed by atoms with Gasteiger partial charge in [-0.2, -0.15) is 13.2 Å². The van der Waals surface area contributed by atoms with E-state index >= 15 is 0 Å². The average molecular weight is 473 g/mol. The van der Waals surface area contributed by atoms with Gasteiger partial charge in [0.15, 0.2) is 0 Å². The highest BCUT2D eigenvalue weighted by molar-refractivity contribution is 6.37. The lowest BCUT2D eigenvalue weighted by Gasteiger charge is -2.31. The molecule has 31 heavy (non-hydrogen) atoms. The zero-order valence-corrected chi connectivity index (χ0v) is 17.1. The maximum absolute atomic E-state index is 14.4. The van der Waals surface area contributed by atoms with Crippen molar-refractivity contribution in [2.45, 2.75) is 18.6 Å². The summed E-state index contributed by atoms with van der Waals surface area (Å²) in [4.78, 5) is 38.9. The van der Waals surface area contributed by atoms with Gasteiger partial charge < -0.3 is 10.4 Å². The van der Waals surface area contributed by atoms with Crippen molar-refractivity contribution in [3.8, 4) is 0 Å². The lowest BCUT2D eigenvalue weighted by Crippen LogP contribution is -2.64. The Morgan fingerprint density at radius 2 is 1.71 bits per heavy atom. The molecular weight excluding hydrogens is 460 g/mol. The topological polar surface area (TPSA) is 86.7 Å². The van der Waals surface area contributed by atoms with E-state index in [1.54, 1.807) is 5.32 Å². The molecule has 3 amide bonds. The standard InChI is InChI=1S/C20H13Cl2F3N2O4/c1-10(28)15-17(30)27(12-5-3-2-4-6-12)18(31)19(15,20(23,24)25)26-16(29)13-8-7-11(21)9-14(13)22/h2-9,28H,1H3,(H,26,29)/b15-10+. The van der Waals surface area contributed by atoms with Gasteiger partial charge in [-0.05, 0) is 37.3 Å². The summed E-state index contributed by atoms with van der Waals surface area (Å²) in [5.41, 5.74) is -5.73. The number of imide groups is 1. The molecule has 1 heterocycles. The lowest BCUT2D eigenvalue weighted by atomic mass is 9.89. The quantitative estimate of drug-likeness (QED) is 0.393. The van der Waals surface area contributed by atoms with Crippen LogP contribution in [0.25, 0.3) is 0 Å². The molecule has 1 aliphatic rings. The monoisotopic (exact) mass is 472 g/mol. The summed E-state index contributed by atoms with van der Waals surface area (Å²) in [7, 11) is 0. The minimum atomic E-state index is -5.49. The third-order valence-corrected chi connectivity index (χ3v) is 5.14. The molecule has 6 nitrogen and oxygen atoms in total. The van der Waals surface area contributed by atoms with Gasteiger partial charge in [-0.1, -0.05) is 41.4 Å². The summed E-state index contributed by atoms with van der Waals surface area (Å²) >= 11 is 11.7. The van der Waals surface area contributed by atoms with Crippen molar-refractivity contribution in [3.05, 3.63) is 75.5 Å². The molecule has 1 saturated heterocycles. The second-order valence-electron chi connectivity index (χ2n) is 6.57. The van der Waals surface area contributed by atoms with Crippen LogP contribution in [0.2, 0.25) is 10.0 Å². The Bertz CT molecular complexity index is 1120. The van der Waals surface area contributed by atoms with E-state index in [1.165, 1.54) is 36.4 Å². The fraction of sp³-hybridized carbons (Fsp3) is 0.150. The predicted molar refractivity (Wildman–Crippen MR) is 107 cm³/mol. The molecule has 0 bridgehead atoms. The minimum absolute atomic E-state index is 0.126. The van der Waals surface area contributed by atoms with Crippen LogP contribution in [-0.2, 0) is 9.59 Å². The van der Waals surface area contributed by atoms with Gasteiger partial charge in [-0.3, -0.25) is 14.4 Å². The van der Waals surface area contributed by atoms with E-state index in [4.69, 9.17) is 23.2 Å². The highest BCUT2D eigenvalue weighted by atomic mass is 35.5. The summed E-state index contributed by atoms with van der Waals surface area (Å²) in [6.45, 7) is 0.816. The van der Waals surface area contributed by atoms with Crippen LogP contribution in [0, 0.1) is 0 Å². The number of carbonyl (C=O) groups is 3. The molecule has 3 rings (SSSR count). The summed E-state index contributed by atoms with van der Waals surface area (Å²) in [6.07, 6.45) is -5.49. The Hall–Kier alpha value is -3.04. The smallest absolute Gasteiger partial charge is 0.425 e. The first-order chi connectivity index (χ1) is 14.4. The number of para-hydroxylation sites is 1. The molecule has 1 fully saturated rings. The van der Waals surface area contributed by atoms with E-state index in [-0.39, 0.29) is 20.6 Å². The van der Waals surface area contributed by atoms with Crippen LogP contribution < -0.4 is 10.2 Å². The molecule has 1 unspecified atom stereocenters. The highest BCUT2D eigenvalue weighted by Gasteiger charge is 2.72. The molecule has 1 aliphatic heterocycles. The number of benzene rings is 2. The molecule has 162 valence electrons. The largest absolute Gasteiger partial charge is 0.512 e. The summed E-state index contributed by atoms with van der Waals surface area (Å²) < 4.78 is 43.1. The predicted octanol–water partition coefficient (Wildman–Crippen LogP) is 4.43. The first kappa shape index (κ1) is 22.6. The van der Waals surface area contributed by atoms with Crippen molar-refractivity contribution in [3.63, 3.8) is 0 Å².